The third-order valence-corrected chi connectivity index (χ3v) is 4.63. The van der Waals surface area contributed by atoms with E-state index in [1.165, 1.54) is 12.8 Å². The van der Waals surface area contributed by atoms with Crippen molar-refractivity contribution < 1.29 is 9.59 Å². The van der Waals surface area contributed by atoms with E-state index in [0.717, 1.165) is 25.7 Å². The van der Waals surface area contributed by atoms with Gasteiger partial charge in [-0.1, -0.05) is 26.2 Å². The smallest absolute Gasteiger partial charge is 0.225 e. The minimum Gasteiger partial charge on any atom is -0.351 e. The number of nitrogens with one attached hydrogen (secondary N) is 1. The van der Waals surface area contributed by atoms with Crippen LogP contribution in [-0.4, -0.2) is 34.8 Å². The van der Waals surface area contributed by atoms with Crippen LogP contribution in [-0.2, 0) is 9.59 Å². The lowest BCUT2D eigenvalue weighted by molar-refractivity contribution is -0.130. The predicted molar refractivity (Wildman–Crippen MR) is 79.2 cm³/mol. The van der Waals surface area contributed by atoms with Gasteiger partial charge in [0.25, 0.3) is 0 Å². The number of hydrogen-bond donors (Lipinski definition) is 1. The maximum absolute atomic E-state index is 12.4. The zero-order valence-corrected chi connectivity index (χ0v) is 13.1. The number of nitrogens with zero attached hydrogens (tertiary/aromatic N) is 1. The molecule has 1 N–H and O–H groups in total. The molecule has 1 saturated carbocycles. The Bertz CT molecular complexity index is 373. The van der Waals surface area contributed by atoms with Crippen LogP contribution in [0.15, 0.2) is 0 Å². The van der Waals surface area contributed by atoms with E-state index in [1.54, 1.807) is 0 Å². The van der Waals surface area contributed by atoms with Gasteiger partial charge >= 0.3 is 0 Å². The fraction of sp³-hybridized carbons (Fsp3) is 0.875. The zero-order valence-electron chi connectivity index (χ0n) is 13.1. The molecule has 1 aliphatic heterocycles. The van der Waals surface area contributed by atoms with Crippen LogP contribution in [0.5, 0.6) is 0 Å². The van der Waals surface area contributed by atoms with Gasteiger partial charge in [0.15, 0.2) is 0 Å². The van der Waals surface area contributed by atoms with Crippen molar-refractivity contribution in [1.29, 1.82) is 0 Å². The van der Waals surface area contributed by atoms with Crippen molar-refractivity contribution in [3.8, 4) is 0 Å². The highest BCUT2D eigenvalue weighted by Crippen LogP contribution is 2.29. The highest BCUT2D eigenvalue weighted by molar-refractivity contribution is 5.89. The highest BCUT2D eigenvalue weighted by Gasteiger charge is 2.39. The molecule has 20 heavy (non-hydrogen) atoms. The number of likely N-dealkylation sites (tertiary alicyclic amines) is 1. The molecule has 114 valence electrons. The van der Waals surface area contributed by atoms with Crippen molar-refractivity contribution >= 4 is 11.8 Å². The molecule has 0 unspecified atom stereocenters. The van der Waals surface area contributed by atoms with Gasteiger partial charge in [0, 0.05) is 24.5 Å². The minimum absolute atomic E-state index is 0.0531. The van der Waals surface area contributed by atoms with Gasteiger partial charge in [-0.3, -0.25) is 9.59 Å². The van der Waals surface area contributed by atoms with E-state index in [9.17, 15) is 9.59 Å². The highest BCUT2D eigenvalue weighted by atomic mass is 16.2. The quantitative estimate of drug-likeness (QED) is 0.841. The maximum Gasteiger partial charge on any atom is 0.225 e. The second kappa shape index (κ2) is 6.15. The number of hydrogen-bond acceptors (Lipinski definition) is 2. The topological polar surface area (TPSA) is 49.4 Å². The molecular formula is C16H28N2O2. The molecule has 1 atom stereocenters. The number of amides is 2. The first kappa shape index (κ1) is 15.3. The van der Waals surface area contributed by atoms with Gasteiger partial charge in [-0.05, 0) is 33.1 Å². The average molecular weight is 280 g/mol. The third-order valence-electron chi connectivity index (χ3n) is 4.63. The Hall–Kier alpha value is -1.06. The first-order chi connectivity index (χ1) is 9.43. The Balaban J connectivity index is 1.90. The van der Waals surface area contributed by atoms with Crippen molar-refractivity contribution in [3.05, 3.63) is 0 Å². The molecule has 0 aromatic rings. The Morgan fingerprint density at radius 2 is 2.00 bits per heavy atom. The fourth-order valence-corrected chi connectivity index (χ4v) is 3.60. The molecule has 1 aliphatic carbocycles. The van der Waals surface area contributed by atoms with Gasteiger partial charge in [-0.15, -0.1) is 0 Å². The fourth-order valence-electron chi connectivity index (χ4n) is 3.60. The summed E-state index contributed by atoms with van der Waals surface area (Å²) < 4.78 is 0. The lowest BCUT2D eigenvalue weighted by atomic mass is 9.97. The van der Waals surface area contributed by atoms with Crippen molar-refractivity contribution in [2.45, 2.75) is 77.3 Å². The molecule has 0 radical (unpaired) electrons. The Kier molecular flexibility index (Phi) is 4.71. The van der Waals surface area contributed by atoms with Crippen molar-refractivity contribution in [1.82, 2.24) is 10.2 Å². The molecule has 0 aromatic carbocycles. The molecule has 1 saturated heterocycles. The van der Waals surface area contributed by atoms with Gasteiger partial charge in [0.1, 0.15) is 0 Å². The van der Waals surface area contributed by atoms with Gasteiger partial charge < -0.3 is 10.2 Å². The van der Waals surface area contributed by atoms with E-state index in [2.05, 4.69) is 26.1 Å². The summed E-state index contributed by atoms with van der Waals surface area (Å²) in [7, 11) is 0. The third kappa shape index (κ3) is 3.53. The monoisotopic (exact) mass is 280 g/mol. The molecule has 2 fully saturated rings. The Morgan fingerprint density at radius 1 is 1.35 bits per heavy atom. The van der Waals surface area contributed by atoms with E-state index >= 15 is 0 Å². The molecule has 0 spiro atoms. The molecule has 2 rings (SSSR count). The van der Waals surface area contributed by atoms with Crippen LogP contribution in [0.25, 0.3) is 0 Å². The number of carbonyl (C=O) groups excluding carboxylic acids is 2. The molecule has 2 amide bonds. The first-order valence-electron chi connectivity index (χ1n) is 8.04. The minimum atomic E-state index is -0.171. The van der Waals surface area contributed by atoms with Gasteiger partial charge in [-0.25, -0.2) is 0 Å². The average Bonchev–Trinajstić information content (AvgIpc) is 2.96. The zero-order chi connectivity index (χ0) is 14.8. The van der Waals surface area contributed by atoms with Crippen LogP contribution in [0, 0.1) is 5.92 Å². The van der Waals surface area contributed by atoms with Crippen LogP contribution < -0.4 is 5.32 Å². The van der Waals surface area contributed by atoms with Crippen LogP contribution in [0.1, 0.15) is 65.7 Å². The van der Waals surface area contributed by atoms with Crippen LogP contribution in [0.3, 0.4) is 0 Å². The normalized spacial score (nSPS) is 24.4. The van der Waals surface area contributed by atoms with Gasteiger partial charge in [0.05, 0.1) is 5.92 Å². The van der Waals surface area contributed by atoms with Crippen LogP contribution in [0.4, 0.5) is 0 Å². The van der Waals surface area contributed by atoms with E-state index in [4.69, 9.17) is 0 Å². The molecule has 4 nitrogen and oxygen atoms in total. The second-order valence-corrected chi connectivity index (χ2v) is 7.01. The second-order valence-electron chi connectivity index (χ2n) is 7.01. The van der Waals surface area contributed by atoms with E-state index < -0.39 is 0 Å². The van der Waals surface area contributed by atoms with Crippen LogP contribution >= 0.6 is 0 Å². The summed E-state index contributed by atoms with van der Waals surface area (Å²) in [6.45, 7) is 6.85. The predicted octanol–water partition coefficient (Wildman–Crippen LogP) is 2.47. The molecule has 0 bridgehead atoms. The maximum atomic E-state index is 12.4. The standard InChI is InChI=1S/C16H28N2O2/c1-4-9-16(2,3)17-15(20)12-10-14(19)18(11-12)13-7-5-6-8-13/h12-13H,4-11H2,1-3H3,(H,17,20)/t12-/m0/s1. The molecular weight excluding hydrogens is 252 g/mol. The first-order valence-corrected chi connectivity index (χ1v) is 8.04. The van der Waals surface area contributed by atoms with Gasteiger partial charge in [0.2, 0.25) is 11.8 Å². The van der Waals surface area contributed by atoms with Crippen LogP contribution in [0.2, 0.25) is 0 Å². The van der Waals surface area contributed by atoms with E-state index in [0.29, 0.717) is 19.0 Å². The summed E-state index contributed by atoms with van der Waals surface area (Å²) in [4.78, 5) is 26.4. The summed E-state index contributed by atoms with van der Waals surface area (Å²) in [5.41, 5.74) is -0.171. The van der Waals surface area contributed by atoms with E-state index in [-0.39, 0.29) is 23.3 Å². The van der Waals surface area contributed by atoms with Gasteiger partial charge in [-0.2, -0.15) is 0 Å². The largest absolute Gasteiger partial charge is 0.351 e. The number of carbonyl (C=O) groups is 2. The van der Waals surface area contributed by atoms with Crippen molar-refractivity contribution in [2.75, 3.05) is 6.54 Å². The Morgan fingerprint density at radius 3 is 2.60 bits per heavy atom. The van der Waals surface area contributed by atoms with Crippen molar-refractivity contribution in [2.24, 2.45) is 5.92 Å². The van der Waals surface area contributed by atoms with E-state index in [1.807, 2.05) is 4.90 Å². The Labute approximate surface area is 122 Å². The lowest BCUT2D eigenvalue weighted by Crippen LogP contribution is -2.46. The summed E-state index contributed by atoms with van der Waals surface area (Å²) >= 11 is 0. The summed E-state index contributed by atoms with van der Waals surface area (Å²) in [6.07, 6.45) is 7.06. The molecule has 2 aliphatic rings. The molecule has 0 aromatic heterocycles. The summed E-state index contributed by atoms with van der Waals surface area (Å²) in [5, 5.41) is 3.11. The number of rotatable bonds is 5. The SMILES string of the molecule is CCCC(C)(C)NC(=O)[C@H]1CC(=O)N(C2CCCC2)C1. The molecule has 1 heterocycles. The molecule has 4 heteroatoms. The van der Waals surface area contributed by atoms with Crippen molar-refractivity contribution in [3.63, 3.8) is 0 Å². The summed E-state index contributed by atoms with van der Waals surface area (Å²) in [6, 6.07) is 0.393. The lowest BCUT2D eigenvalue weighted by Gasteiger charge is -2.28. The summed E-state index contributed by atoms with van der Waals surface area (Å²) in [5.74, 6) is 0.0712.